The highest BCUT2D eigenvalue weighted by atomic mass is 79.9. The highest BCUT2D eigenvalue weighted by Gasteiger charge is 2.22. The van der Waals surface area contributed by atoms with Crippen molar-refractivity contribution in [1.82, 2.24) is 14.5 Å². The van der Waals surface area contributed by atoms with Crippen molar-refractivity contribution in [3.63, 3.8) is 0 Å². The molecule has 0 N–H and O–H groups in total. The van der Waals surface area contributed by atoms with E-state index in [1.165, 1.54) is 6.08 Å². The van der Waals surface area contributed by atoms with Crippen LogP contribution in [0.3, 0.4) is 0 Å². The van der Waals surface area contributed by atoms with Crippen LogP contribution in [0.4, 0.5) is 5.82 Å². The molecule has 1 saturated heterocycles. The van der Waals surface area contributed by atoms with Crippen LogP contribution < -0.4 is 0 Å². The highest BCUT2D eigenvalue weighted by molar-refractivity contribution is 9.10. The molecule has 3 rings (SSSR count). The fraction of sp³-hybridized carbons (Fsp3) is 0.227. The number of Topliss-reactive ketones (excluding diaryl/α,β-unsaturated/α-hetero) is 1. The maximum absolute atomic E-state index is 13.3. The quantitative estimate of drug-likeness (QED) is 0.166. The predicted molar refractivity (Wildman–Crippen MR) is 118 cm³/mol. The van der Waals surface area contributed by atoms with Gasteiger partial charge in [0.2, 0.25) is 5.78 Å². The number of benzene rings is 1. The van der Waals surface area contributed by atoms with Crippen LogP contribution in [0.15, 0.2) is 63.9 Å². The first kappa shape index (κ1) is 20.8. The Labute approximate surface area is 178 Å². The van der Waals surface area contributed by atoms with E-state index >= 15 is 0 Å². The molecule has 29 heavy (non-hydrogen) atoms. The average Bonchev–Trinajstić information content (AvgIpc) is 3.17. The monoisotopic (exact) mass is 452 g/mol. The van der Waals surface area contributed by atoms with Crippen LogP contribution in [0.2, 0.25) is 0 Å². The Morgan fingerprint density at radius 2 is 2.03 bits per heavy atom. The van der Waals surface area contributed by atoms with Gasteiger partial charge in [0.15, 0.2) is 5.82 Å². The van der Waals surface area contributed by atoms with E-state index in [1.807, 2.05) is 36.1 Å². The van der Waals surface area contributed by atoms with Gasteiger partial charge in [-0.15, -0.1) is 6.42 Å². The van der Waals surface area contributed by atoms with Gasteiger partial charge in [0, 0.05) is 28.8 Å². The SMILES string of the molecule is C#C/C=C(\C=C/C)C(=O)c1c(N=CN2CCOCC2)ncn1-c1ccc(Br)cc1. The maximum atomic E-state index is 13.3. The van der Waals surface area contributed by atoms with Crippen molar-refractivity contribution >= 4 is 33.9 Å². The zero-order chi connectivity index (χ0) is 20.6. The molecule has 0 spiro atoms. The minimum Gasteiger partial charge on any atom is -0.378 e. The fourth-order valence-electron chi connectivity index (χ4n) is 2.87. The molecule has 0 radical (unpaired) electrons. The molecular formula is C22H21BrN4O2. The first-order chi connectivity index (χ1) is 14.1. The van der Waals surface area contributed by atoms with E-state index in [1.54, 1.807) is 29.4 Å². The summed E-state index contributed by atoms with van der Waals surface area (Å²) in [6.07, 6.45) is 13.7. The van der Waals surface area contributed by atoms with Gasteiger partial charge in [0.05, 0.1) is 19.6 Å². The van der Waals surface area contributed by atoms with Gasteiger partial charge in [-0.1, -0.05) is 34.0 Å². The summed E-state index contributed by atoms with van der Waals surface area (Å²) in [5, 5.41) is 0. The van der Waals surface area contributed by atoms with Crippen LogP contribution in [0.1, 0.15) is 17.4 Å². The van der Waals surface area contributed by atoms with Gasteiger partial charge in [-0.25, -0.2) is 9.98 Å². The summed E-state index contributed by atoms with van der Waals surface area (Å²) in [5.41, 5.74) is 1.56. The minimum atomic E-state index is -0.240. The molecule has 6 nitrogen and oxygen atoms in total. The number of hydrogen-bond acceptors (Lipinski definition) is 4. The molecule has 0 atom stereocenters. The Morgan fingerprint density at radius 3 is 2.69 bits per heavy atom. The smallest absolute Gasteiger partial charge is 0.214 e. The second-order valence-electron chi connectivity index (χ2n) is 6.25. The number of ether oxygens (including phenoxy) is 1. The number of hydrogen-bond donors (Lipinski definition) is 0. The third kappa shape index (κ3) is 5.11. The summed E-state index contributed by atoms with van der Waals surface area (Å²) in [4.78, 5) is 24.3. The van der Waals surface area contributed by atoms with E-state index in [0.717, 1.165) is 23.2 Å². The maximum Gasteiger partial charge on any atom is 0.214 e. The Bertz CT molecular complexity index is 991. The summed E-state index contributed by atoms with van der Waals surface area (Å²) in [6.45, 7) is 4.65. The molecule has 0 amide bonds. The lowest BCUT2D eigenvalue weighted by atomic mass is 10.1. The molecule has 148 valence electrons. The van der Waals surface area contributed by atoms with Crippen molar-refractivity contribution in [3.8, 4) is 18.0 Å². The van der Waals surface area contributed by atoms with E-state index in [2.05, 4.69) is 31.8 Å². The predicted octanol–water partition coefficient (Wildman–Crippen LogP) is 3.95. The zero-order valence-corrected chi connectivity index (χ0v) is 17.7. The van der Waals surface area contributed by atoms with Crippen LogP contribution in [0, 0.1) is 12.3 Å². The first-order valence-electron chi connectivity index (χ1n) is 9.17. The molecule has 7 heteroatoms. The number of halogens is 1. The second-order valence-corrected chi connectivity index (χ2v) is 7.17. The van der Waals surface area contributed by atoms with Gasteiger partial charge >= 0.3 is 0 Å². The fourth-order valence-corrected chi connectivity index (χ4v) is 3.13. The van der Waals surface area contributed by atoms with Gasteiger partial charge in [-0.2, -0.15) is 0 Å². The number of imidazole rings is 1. The van der Waals surface area contributed by atoms with Crippen molar-refractivity contribution in [1.29, 1.82) is 0 Å². The van der Waals surface area contributed by atoms with Crippen molar-refractivity contribution in [3.05, 3.63) is 64.6 Å². The normalized spacial score (nSPS) is 15.2. The Kier molecular flexibility index (Phi) is 7.17. The number of aromatic nitrogens is 2. The van der Waals surface area contributed by atoms with Crippen molar-refractivity contribution in [2.24, 2.45) is 4.99 Å². The number of carbonyl (C=O) groups is 1. The lowest BCUT2D eigenvalue weighted by Gasteiger charge is -2.23. The van der Waals surface area contributed by atoms with Crippen LogP contribution >= 0.6 is 15.9 Å². The molecule has 1 aromatic carbocycles. The molecule has 0 bridgehead atoms. The third-order valence-corrected chi connectivity index (χ3v) is 4.83. The first-order valence-corrected chi connectivity index (χ1v) is 9.96. The molecule has 1 aliphatic heterocycles. The molecule has 0 saturated carbocycles. The Balaban J connectivity index is 2.05. The number of aliphatic imine (C=N–C) groups is 1. The number of nitrogens with zero attached hydrogens (tertiary/aromatic N) is 4. The highest BCUT2D eigenvalue weighted by Crippen LogP contribution is 2.25. The molecule has 2 aromatic rings. The number of terminal acetylenes is 1. The average molecular weight is 453 g/mol. The molecule has 1 fully saturated rings. The van der Waals surface area contributed by atoms with Gasteiger partial charge in [0.25, 0.3) is 0 Å². The van der Waals surface area contributed by atoms with Crippen molar-refractivity contribution < 1.29 is 9.53 Å². The molecule has 0 unspecified atom stereocenters. The number of allylic oxidation sites excluding steroid dienone is 4. The Morgan fingerprint density at radius 1 is 1.31 bits per heavy atom. The number of ketones is 1. The Hall–Kier alpha value is -2.95. The third-order valence-electron chi connectivity index (χ3n) is 4.30. The molecule has 1 aliphatic rings. The van der Waals surface area contributed by atoms with Crippen molar-refractivity contribution in [2.45, 2.75) is 6.92 Å². The number of morpholine rings is 1. The van der Waals surface area contributed by atoms with Crippen LogP contribution in [-0.2, 0) is 4.74 Å². The van der Waals surface area contributed by atoms with Gasteiger partial charge < -0.3 is 9.64 Å². The largest absolute Gasteiger partial charge is 0.378 e. The summed E-state index contributed by atoms with van der Waals surface area (Å²) in [6, 6.07) is 7.62. The lowest BCUT2D eigenvalue weighted by molar-refractivity contribution is 0.0701. The standard InChI is InChI=1S/C22H21BrN4O2/c1-3-5-17(6-4-2)21(28)20-22(24-15-26-11-13-29-14-12-26)25-16-27(20)19-9-7-18(23)8-10-19/h1,4-10,15-16H,11-14H2,2H3/b6-4-,17-5+,24-15?. The van der Waals surface area contributed by atoms with E-state index in [9.17, 15) is 4.79 Å². The molecule has 0 aliphatic carbocycles. The number of carbonyl (C=O) groups excluding carboxylic acids is 1. The zero-order valence-electron chi connectivity index (χ0n) is 16.1. The minimum absolute atomic E-state index is 0.240. The number of rotatable bonds is 6. The van der Waals surface area contributed by atoms with E-state index in [-0.39, 0.29) is 5.78 Å². The topological polar surface area (TPSA) is 59.7 Å². The molecular weight excluding hydrogens is 432 g/mol. The van der Waals surface area contributed by atoms with Gasteiger partial charge in [0.1, 0.15) is 12.0 Å². The van der Waals surface area contributed by atoms with Gasteiger partial charge in [-0.05, 0) is 37.3 Å². The molecule has 2 heterocycles. The summed E-state index contributed by atoms with van der Waals surface area (Å²) in [5.74, 6) is 2.54. The van der Waals surface area contributed by atoms with Crippen LogP contribution in [-0.4, -0.2) is 52.9 Å². The second kappa shape index (κ2) is 10.0. The van der Waals surface area contributed by atoms with Crippen molar-refractivity contribution in [2.75, 3.05) is 26.3 Å². The summed E-state index contributed by atoms with van der Waals surface area (Å²) < 4.78 is 8.03. The van der Waals surface area contributed by atoms with Crippen LogP contribution in [0.25, 0.3) is 5.69 Å². The van der Waals surface area contributed by atoms with E-state index in [4.69, 9.17) is 11.2 Å². The van der Waals surface area contributed by atoms with E-state index in [0.29, 0.717) is 30.3 Å². The summed E-state index contributed by atoms with van der Waals surface area (Å²) in [7, 11) is 0. The lowest BCUT2D eigenvalue weighted by Crippen LogP contribution is -2.35. The summed E-state index contributed by atoms with van der Waals surface area (Å²) >= 11 is 3.43. The van der Waals surface area contributed by atoms with Gasteiger partial charge in [-0.3, -0.25) is 9.36 Å². The van der Waals surface area contributed by atoms with Crippen LogP contribution in [0.5, 0.6) is 0 Å². The van der Waals surface area contributed by atoms with E-state index < -0.39 is 0 Å². The molecule has 1 aromatic heterocycles.